The third-order valence-electron chi connectivity index (χ3n) is 5.74. The van der Waals surface area contributed by atoms with Gasteiger partial charge in [0.1, 0.15) is 5.70 Å². The number of aryl methyl sites for hydroxylation is 1. The molecule has 168 valence electrons. The van der Waals surface area contributed by atoms with Crippen LogP contribution in [0.4, 0.5) is 17.1 Å². The minimum atomic E-state index is -0.386. The molecule has 0 atom stereocenters. The highest BCUT2D eigenvalue weighted by molar-refractivity contribution is 6.46. The molecule has 0 unspecified atom stereocenters. The molecule has 3 aromatic carbocycles. The molecule has 4 rings (SSSR count). The fourth-order valence-corrected chi connectivity index (χ4v) is 4.15. The molecule has 1 aliphatic rings. The van der Waals surface area contributed by atoms with Crippen molar-refractivity contribution in [2.75, 3.05) is 28.2 Å². The lowest BCUT2D eigenvalue weighted by atomic mass is 10.0. The SMILES string of the molecule is CCN(CC)c1ccc(NC2=C(c3ccc(Cl)cc3)C(=O)N(c3cccc(C)c3)C2=O)cc1. The second kappa shape index (κ2) is 9.51. The summed E-state index contributed by atoms with van der Waals surface area (Å²) in [4.78, 5) is 30.5. The topological polar surface area (TPSA) is 52.7 Å². The van der Waals surface area contributed by atoms with Gasteiger partial charge in [-0.3, -0.25) is 9.59 Å². The molecular weight excluding hydrogens is 434 g/mol. The number of carbonyl (C=O) groups is 2. The predicted molar refractivity (Wildman–Crippen MR) is 136 cm³/mol. The van der Waals surface area contributed by atoms with Crippen molar-refractivity contribution < 1.29 is 9.59 Å². The zero-order valence-electron chi connectivity index (χ0n) is 18.9. The number of nitrogens with zero attached hydrogens (tertiary/aromatic N) is 2. The van der Waals surface area contributed by atoms with Crippen molar-refractivity contribution in [3.05, 3.63) is 94.6 Å². The molecule has 0 saturated carbocycles. The average Bonchev–Trinajstić information content (AvgIpc) is 3.05. The number of anilines is 3. The molecule has 5 nitrogen and oxygen atoms in total. The minimum absolute atomic E-state index is 0.249. The summed E-state index contributed by atoms with van der Waals surface area (Å²) in [5, 5.41) is 3.78. The highest BCUT2D eigenvalue weighted by Crippen LogP contribution is 2.34. The van der Waals surface area contributed by atoms with E-state index < -0.39 is 0 Å². The first-order chi connectivity index (χ1) is 15.9. The number of hydrogen-bond acceptors (Lipinski definition) is 4. The second-order valence-electron chi connectivity index (χ2n) is 7.89. The molecule has 33 heavy (non-hydrogen) atoms. The lowest BCUT2D eigenvalue weighted by molar-refractivity contribution is -0.120. The smallest absolute Gasteiger partial charge is 0.282 e. The molecular formula is C27H26ClN3O2. The van der Waals surface area contributed by atoms with Gasteiger partial charge in [-0.05, 0) is 80.4 Å². The highest BCUT2D eigenvalue weighted by atomic mass is 35.5. The first-order valence-corrected chi connectivity index (χ1v) is 11.4. The third-order valence-corrected chi connectivity index (χ3v) is 5.99. The number of hydrogen-bond donors (Lipinski definition) is 1. The molecule has 0 bridgehead atoms. The maximum atomic E-state index is 13.5. The van der Waals surface area contributed by atoms with Crippen LogP contribution in [0.15, 0.2) is 78.5 Å². The van der Waals surface area contributed by atoms with Crippen LogP contribution < -0.4 is 15.1 Å². The Morgan fingerprint density at radius 2 is 1.55 bits per heavy atom. The Labute approximate surface area is 199 Å². The maximum Gasteiger partial charge on any atom is 0.282 e. The molecule has 0 radical (unpaired) electrons. The van der Waals surface area contributed by atoms with E-state index in [2.05, 4.69) is 24.1 Å². The standard InChI is InChI=1S/C27H26ClN3O2/c1-4-30(5-2)22-15-13-21(14-16-22)29-25-24(19-9-11-20(28)12-10-19)26(32)31(27(25)33)23-8-6-7-18(3)17-23/h6-17,29H,4-5H2,1-3H3. The molecule has 1 aliphatic heterocycles. The van der Waals surface area contributed by atoms with E-state index in [-0.39, 0.29) is 17.5 Å². The molecule has 2 amide bonds. The van der Waals surface area contributed by atoms with Crippen molar-refractivity contribution in [2.24, 2.45) is 0 Å². The van der Waals surface area contributed by atoms with Gasteiger partial charge < -0.3 is 10.2 Å². The van der Waals surface area contributed by atoms with Gasteiger partial charge >= 0.3 is 0 Å². The first-order valence-electron chi connectivity index (χ1n) is 11.0. The van der Waals surface area contributed by atoms with E-state index in [4.69, 9.17) is 11.6 Å². The first kappa shape index (κ1) is 22.6. The van der Waals surface area contributed by atoms with Gasteiger partial charge in [0.05, 0.1) is 11.3 Å². The lowest BCUT2D eigenvalue weighted by Crippen LogP contribution is -2.32. The van der Waals surface area contributed by atoms with Crippen LogP contribution in [0.25, 0.3) is 5.57 Å². The zero-order chi connectivity index (χ0) is 23.5. The highest BCUT2D eigenvalue weighted by Gasteiger charge is 2.40. The Morgan fingerprint density at radius 3 is 2.15 bits per heavy atom. The molecule has 3 aromatic rings. The summed E-state index contributed by atoms with van der Waals surface area (Å²) in [7, 11) is 0. The monoisotopic (exact) mass is 459 g/mol. The minimum Gasteiger partial charge on any atom is -0.372 e. The molecule has 1 N–H and O–H groups in total. The summed E-state index contributed by atoms with van der Waals surface area (Å²) >= 11 is 6.06. The van der Waals surface area contributed by atoms with Gasteiger partial charge in [0.2, 0.25) is 0 Å². The summed E-state index contributed by atoms with van der Waals surface area (Å²) in [6, 6.07) is 22.2. The van der Waals surface area contributed by atoms with E-state index in [1.54, 1.807) is 30.3 Å². The quantitative estimate of drug-likeness (QED) is 0.447. The Balaban J connectivity index is 1.74. The zero-order valence-corrected chi connectivity index (χ0v) is 19.7. The molecule has 0 saturated heterocycles. The molecule has 6 heteroatoms. The molecule has 0 aliphatic carbocycles. The maximum absolute atomic E-state index is 13.5. The van der Waals surface area contributed by atoms with Gasteiger partial charge in [-0.2, -0.15) is 0 Å². The normalized spacial score (nSPS) is 13.6. The van der Waals surface area contributed by atoms with Crippen LogP contribution >= 0.6 is 11.6 Å². The van der Waals surface area contributed by atoms with Gasteiger partial charge in [0.15, 0.2) is 0 Å². The van der Waals surface area contributed by atoms with Gasteiger partial charge in [-0.25, -0.2) is 4.90 Å². The van der Waals surface area contributed by atoms with Crippen LogP contribution in [0.1, 0.15) is 25.0 Å². The Bertz CT molecular complexity index is 1210. The fourth-order valence-electron chi connectivity index (χ4n) is 4.02. The summed E-state index contributed by atoms with van der Waals surface area (Å²) in [6.07, 6.45) is 0. The fraction of sp³-hybridized carbons (Fsp3) is 0.185. The summed E-state index contributed by atoms with van der Waals surface area (Å²) in [5.41, 5.74) is 4.56. The van der Waals surface area contributed by atoms with E-state index in [0.29, 0.717) is 21.8 Å². The van der Waals surface area contributed by atoms with E-state index in [9.17, 15) is 9.59 Å². The summed E-state index contributed by atoms with van der Waals surface area (Å²) in [6.45, 7) is 7.98. The van der Waals surface area contributed by atoms with Crippen molar-refractivity contribution in [3.8, 4) is 0 Å². The number of amides is 2. The molecule has 0 aromatic heterocycles. The van der Waals surface area contributed by atoms with Crippen LogP contribution in [-0.4, -0.2) is 24.9 Å². The number of nitrogens with one attached hydrogen (secondary N) is 1. The van der Waals surface area contributed by atoms with Crippen molar-refractivity contribution in [1.82, 2.24) is 0 Å². The van der Waals surface area contributed by atoms with Crippen LogP contribution in [-0.2, 0) is 9.59 Å². The number of carbonyl (C=O) groups excluding carboxylic acids is 2. The van der Waals surface area contributed by atoms with Crippen molar-refractivity contribution in [1.29, 1.82) is 0 Å². The third kappa shape index (κ3) is 4.50. The number of imide groups is 1. The van der Waals surface area contributed by atoms with Crippen molar-refractivity contribution in [3.63, 3.8) is 0 Å². The summed E-state index contributed by atoms with van der Waals surface area (Å²) in [5.74, 6) is -0.751. The Morgan fingerprint density at radius 1 is 0.879 bits per heavy atom. The molecule has 0 spiro atoms. The Hall–Kier alpha value is -3.57. The van der Waals surface area contributed by atoms with E-state index >= 15 is 0 Å². The van der Waals surface area contributed by atoms with Crippen molar-refractivity contribution >= 4 is 46.1 Å². The van der Waals surface area contributed by atoms with Crippen LogP contribution in [0.2, 0.25) is 5.02 Å². The van der Waals surface area contributed by atoms with Crippen molar-refractivity contribution in [2.45, 2.75) is 20.8 Å². The van der Waals surface area contributed by atoms with E-state index in [0.717, 1.165) is 30.0 Å². The van der Waals surface area contributed by atoms with Crippen LogP contribution in [0, 0.1) is 6.92 Å². The number of benzene rings is 3. The van der Waals surface area contributed by atoms with Gasteiger partial charge in [0.25, 0.3) is 11.8 Å². The van der Waals surface area contributed by atoms with E-state index in [1.165, 1.54) is 4.90 Å². The number of rotatable bonds is 7. The number of halogens is 1. The largest absolute Gasteiger partial charge is 0.372 e. The van der Waals surface area contributed by atoms with Crippen LogP contribution in [0.5, 0.6) is 0 Å². The molecule has 1 heterocycles. The Kier molecular flexibility index (Phi) is 6.52. The van der Waals surface area contributed by atoms with Gasteiger partial charge in [-0.1, -0.05) is 35.9 Å². The second-order valence-corrected chi connectivity index (χ2v) is 8.32. The average molecular weight is 460 g/mol. The van der Waals surface area contributed by atoms with E-state index in [1.807, 2.05) is 49.4 Å². The van der Waals surface area contributed by atoms with Gasteiger partial charge in [-0.15, -0.1) is 0 Å². The van der Waals surface area contributed by atoms with Crippen LogP contribution in [0.3, 0.4) is 0 Å². The van der Waals surface area contributed by atoms with Gasteiger partial charge in [0, 0.05) is 29.5 Å². The molecule has 0 fully saturated rings. The lowest BCUT2D eigenvalue weighted by Gasteiger charge is -2.21. The summed E-state index contributed by atoms with van der Waals surface area (Å²) < 4.78 is 0. The predicted octanol–water partition coefficient (Wildman–Crippen LogP) is 5.89.